The number of nitrogens with one attached hydrogen (secondary N) is 1. The molecule has 1 aromatic heterocycles. The molecule has 0 unspecified atom stereocenters. The van der Waals surface area contributed by atoms with Crippen LogP contribution < -0.4 is 5.32 Å². The number of rotatable bonds is 3. The Morgan fingerprint density at radius 3 is 2.29 bits per heavy atom. The number of hydrogen-bond acceptors (Lipinski definition) is 3. The molecule has 136 valence electrons. The predicted octanol–water partition coefficient (Wildman–Crippen LogP) is 4.75. The second kappa shape index (κ2) is 6.62. The first kappa shape index (κ1) is 16.7. The topological polar surface area (TPSA) is 59.8 Å². The van der Waals surface area contributed by atoms with E-state index in [1.165, 1.54) is 6.33 Å². The zero-order valence-electron chi connectivity index (χ0n) is 14.8. The van der Waals surface area contributed by atoms with Crippen LogP contribution in [0.25, 0.3) is 27.9 Å². The van der Waals surface area contributed by atoms with Crippen LogP contribution in [0.3, 0.4) is 0 Å². The lowest BCUT2D eigenvalue weighted by Gasteiger charge is -2.09. The summed E-state index contributed by atoms with van der Waals surface area (Å²) < 4.78 is 1.72. The summed E-state index contributed by atoms with van der Waals surface area (Å²) in [5, 5.41) is 7.60. The monoisotopic (exact) mass is 386 g/mol. The van der Waals surface area contributed by atoms with Crippen LogP contribution in [0, 0.1) is 0 Å². The first-order chi connectivity index (χ1) is 13.7. The largest absolute Gasteiger partial charge is 0.325 e. The van der Waals surface area contributed by atoms with Crippen LogP contribution in [0.15, 0.2) is 73.3 Å². The van der Waals surface area contributed by atoms with Gasteiger partial charge in [0.25, 0.3) is 0 Å². The molecule has 0 spiro atoms. The molecule has 1 aliphatic rings. The van der Waals surface area contributed by atoms with E-state index in [2.05, 4.69) is 51.8 Å². The van der Waals surface area contributed by atoms with Gasteiger partial charge in [-0.3, -0.25) is 4.79 Å². The van der Waals surface area contributed by atoms with Crippen molar-refractivity contribution in [3.63, 3.8) is 0 Å². The molecule has 28 heavy (non-hydrogen) atoms. The maximum Gasteiger partial charge on any atom is 0.228 e. The summed E-state index contributed by atoms with van der Waals surface area (Å²) in [6.07, 6.45) is 3.59. The Morgan fingerprint density at radius 1 is 0.929 bits per heavy atom. The molecule has 3 aromatic carbocycles. The summed E-state index contributed by atoms with van der Waals surface area (Å²) in [6.45, 7) is 0. The first-order valence-corrected chi connectivity index (χ1v) is 9.23. The maximum absolute atomic E-state index is 11.6. The number of halogens is 1. The van der Waals surface area contributed by atoms with Crippen molar-refractivity contribution in [2.45, 2.75) is 6.42 Å². The van der Waals surface area contributed by atoms with Crippen LogP contribution in [0.2, 0.25) is 5.02 Å². The van der Waals surface area contributed by atoms with Crippen LogP contribution >= 0.6 is 11.6 Å². The fraction of sp³-hybridized carbons (Fsp3) is 0.0455. The number of benzene rings is 3. The molecule has 4 aromatic rings. The molecule has 0 radical (unpaired) electrons. The van der Waals surface area contributed by atoms with Gasteiger partial charge in [-0.2, -0.15) is 5.10 Å². The zero-order valence-corrected chi connectivity index (χ0v) is 15.5. The van der Waals surface area contributed by atoms with Gasteiger partial charge in [0, 0.05) is 11.3 Å². The van der Waals surface area contributed by atoms with Crippen LogP contribution in [0.4, 0.5) is 5.69 Å². The average Bonchev–Trinajstić information content (AvgIpc) is 3.37. The third-order valence-corrected chi connectivity index (χ3v) is 5.21. The van der Waals surface area contributed by atoms with Gasteiger partial charge in [-0.05, 0) is 46.5 Å². The van der Waals surface area contributed by atoms with Gasteiger partial charge in [0.15, 0.2) is 0 Å². The minimum absolute atomic E-state index is 0.00732. The van der Waals surface area contributed by atoms with E-state index in [0.717, 1.165) is 39.2 Å². The number of carbonyl (C=O) groups is 1. The predicted molar refractivity (Wildman–Crippen MR) is 110 cm³/mol. The van der Waals surface area contributed by atoms with Crippen molar-refractivity contribution in [1.29, 1.82) is 0 Å². The summed E-state index contributed by atoms with van der Waals surface area (Å²) in [5.74, 6) is 0.00732. The summed E-state index contributed by atoms with van der Waals surface area (Å²) >= 11 is 6.45. The van der Waals surface area contributed by atoms with E-state index >= 15 is 0 Å². The van der Waals surface area contributed by atoms with Crippen molar-refractivity contribution in [3.05, 3.63) is 83.9 Å². The maximum atomic E-state index is 11.6. The molecule has 1 aliphatic heterocycles. The minimum atomic E-state index is 0.00732. The molecule has 1 amide bonds. The van der Waals surface area contributed by atoms with Gasteiger partial charge in [-0.1, -0.05) is 48.0 Å². The van der Waals surface area contributed by atoms with Crippen LogP contribution in [0.5, 0.6) is 0 Å². The second-order valence-corrected chi connectivity index (χ2v) is 7.09. The molecular formula is C22H15ClN4O. The van der Waals surface area contributed by atoms with Gasteiger partial charge in [-0.15, -0.1) is 0 Å². The van der Waals surface area contributed by atoms with E-state index in [1.807, 2.05) is 24.3 Å². The van der Waals surface area contributed by atoms with Crippen molar-refractivity contribution in [1.82, 2.24) is 14.8 Å². The molecule has 0 atom stereocenters. The Morgan fingerprint density at radius 2 is 1.61 bits per heavy atom. The number of hydrogen-bond donors (Lipinski definition) is 1. The molecule has 0 saturated carbocycles. The van der Waals surface area contributed by atoms with Crippen molar-refractivity contribution in [2.24, 2.45) is 0 Å². The molecule has 1 N–H and O–H groups in total. The van der Waals surface area contributed by atoms with Crippen LogP contribution in [-0.2, 0) is 11.2 Å². The van der Waals surface area contributed by atoms with Gasteiger partial charge in [0.2, 0.25) is 5.91 Å². The van der Waals surface area contributed by atoms with E-state index in [9.17, 15) is 4.79 Å². The molecule has 0 bridgehead atoms. The van der Waals surface area contributed by atoms with Crippen molar-refractivity contribution >= 4 is 23.2 Å². The van der Waals surface area contributed by atoms with Gasteiger partial charge in [0.1, 0.15) is 12.7 Å². The molecular weight excluding hydrogens is 372 g/mol. The number of nitrogens with zero attached hydrogens (tertiary/aromatic N) is 3. The average molecular weight is 387 g/mol. The smallest absolute Gasteiger partial charge is 0.228 e. The van der Waals surface area contributed by atoms with Gasteiger partial charge in [-0.25, -0.2) is 9.67 Å². The molecule has 0 aliphatic carbocycles. The number of fused-ring (bicyclic) bond motifs is 1. The lowest BCUT2D eigenvalue weighted by atomic mass is 9.98. The highest BCUT2D eigenvalue weighted by atomic mass is 35.5. The molecule has 0 fully saturated rings. The number of aromatic nitrogens is 3. The Hall–Kier alpha value is -3.44. The van der Waals surface area contributed by atoms with Gasteiger partial charge >= 0.3 is 0 Å². The second-order valence-electron chi connectivity index (χ2n) is 6.68. The molecule has 2 heterocycles. The summed E-state index contributed by atoms with van der Waals surface area (Å²) in [7, 11) is 0. The number of amides is 1. The SMILES string of the molecule is O=C1Cc2cc(-c3ccc(-c4ccc(-n5cncn5)cc4)cc3)c(Cl)cc2N1. The molecule has 5 nitrogen and oxygen atoms in total. The normalized spacial score (nSPS) is 12.7. The van der Waals surface area contributed by atoms with Crippen molar-refractivity contribution < 1.29 is 4.79 Å². The third-order valence-electron chi connectivity index (χ3n) is 4.90. The Balaban J connectivity index is 1.44. The van der Waals surface area contributed by atoms with E-state index in [-0.39, 0.29) is 5.91 Å². The summed E-state index contributed by atoms with van der Waals surface area (Å²) in [5.41, 5.74) is 6.94. The Labute approximate surface area is 166 Å². The van der Waals surface area contributed by atoms with E-state index in [0.29, 0.717) is 11.4 Å². The van der Waals surface area contributed by atoms with Crippen molar-refractivity contribution in [2.75, 3.05) is 5.32 Å². The minimum Gasteiger partial charge on any atom is -0.325 e. The molecule has 0 saturated heterocycles. The van der Waals surface area contributed by atoms with E-state index < -0.39 is 0 Å². The van der Waals surface area contributed by atoms with Crippen molar-refractivity contribution in [3.8, 4) is 27.9 Å². The van der Waals surface area contributed by atoms with Gasteiger partial charge in [0.05, 0.1) is 17.1 Å². The van der Waals surface area contributed by atoms with Gasteiger partial charge < -0.3 is 5.32 Å². The number of carbonyl (C=O) groups excluding carboxylic acids is 1. The highest BCUT2D eigenvalue weighted by molar-refractivity contribution is 6.34. The Kier molecular flexibility index (Phi) is 3.95. The summed E-state index contributed by atoms with van der Waals surface area (Å²) in [6, 6.07) is 20.2. The highest BCUT2D eigenvalue weighted by Crippen LogP contribution is 2.36. The zero-order chi connectivity index (χ0) is 19.1. The third kappa shape index (κ3) is 2.96. The molecule has 5 rings (SSSR count). The quantitative estimate of drug-likeness (QED) is 0.552. The Bertz CT molecular complexity index is 1170. The van der Waals surface area contributed by atoms with Crippen LogP contribution in [0.1, 0.15) is 5.56 Å². The van der Waals surface area contributed by atoms with Crippen LogP contribution in [-0.4, -0.2) is 20.7 Å². The standard InChI is InChI=1S/C22H15ClN4O/c23-20-11-21-17(10-22(28)26-21)9-19(20)16-3-1-14(2-4-16)15-5-7-18(8-6-15)27-13-24-12-25-27/h1-9,11-13H,10H2,(H,26,28). The van der Waals surface area contributed by atoms with E-state index in [1.54, 1.807) is 11.0 Å². The lowest BCUT2D eigenvalue weighted by molar-refractivity contribution is -0.115. The highest BCUT2D eigenvalue weighted by Gasteiger charge is 2.20. The van der Waals surface area contributed by atoms with E-state index in [4.69, 9.17) is 11.6 Å². The molecule has 6 heteroatoms. The fourth-order valence-corrected chi connectivity index (χ4v) is 3.73. The number of anilines is 1. The first-order valence-electron chi connectivity index (χ1n) is 8.85. The summed E-state index contributed by atoms with van der Waals surface area (Å²) in [4.78, 5) is 15.6. The fourth-order valence-electron chi connectivity index (χ4n) is 3.46. The lowest BCUT2D eigenvalue weighted by Crippen LogP contribution is -2.03.